The van der Waals surface area contributed by atoms with Crippen LogP contribution < -0.4 is 0 Å². The molecule has 0 aromatic rings. The molecule has 2 aliphatic rings. The van der Waals surface area contributed by atoms with E-state index in [2.05, 4.69) is 81.6 Å². The van der Waals surface area contributed by atoms with E-state index in [0.29, 0.717) is 12.8 Å². The van der Waals surface area contributed by atoms with Gasteiger partial charge in [0.25, 0.3) is 0 Å². The number of ether oxygens (including phenoxy) is 3. The number of carbonyl (C=O) groups is 2. The molecule has 0 spiro atoms. The third-order valence-electron chi connectivity index (χ3n) is 12.1. The molecule has 6 unspecified atom stereocenters. The van der Waals surface area contributed by atoms with Gasteiger partial charge in [-0.3, -0.25) is 9.59 Å². The number of aliphatic hydroxyl groups is 2. The van der Waals surface area contributed by atoms with Gasteiger partial charge in [0.05, 0.1) is 30.3 Å². The predicted octanol–water partition coefficient (Wildman–Crippen LogP) is 9.20. The quantitative estimate of drug-likeness (QED) is 0.0619. The van der Waals surface area contributed by atoms with Crippen LogP contribution in [0.4, 0.5) is 0 Å². The van der Waals surface area contributed by atoms with Gasteiger partial charge in [0, 0.05) is 31.3 Å². The highest BCUT2D eigenvalue weighted by atomic mass is 28.4. The molecule has 0 amide bonds. The number of allylic oxidation sites excluding steroid dienone is 2. The zero-order chi connectivity index (χ0) is 41.0. The first-order valence-corrected chi connectivity index (χ1v) is 25.6. The molecule has 2 rings (SSSR count). The first-order chi connectivity index (χ1) is 23.9. The molecule has 0 bridgehead atoms. The summed E-state index contributed by atoms with van der Waals surface area (Å²) in [5, 5.41) is 23.0. The number of hydrogen-bond donors (Lipinski definition) is 2. The minimum absolute atomic E-state index is 0.0335. The SMILES string of the molecule is CC[C@H](O[Si](C)(C)C(C)(C)C)[C@@H](C)[C@H]1O[C@@H]1CC(C)(O)/C=C/C=C(\C)C1OC(=O)CC(O[Si](C)(C)C(C)(C)C)CCC(C)(O)C(OC(C)=O)C=CC1C. The molecule has 2 aliphatic heterocycles. The fourth-order valence-electron chi connectivity index (χ4n) is 6.40. The Bertz CT molecular complexity index is 1320. The standard InChI is InChI=1S/C42H76O9Si2/c1-18-33(51-53(16,17)40(9,10)11)30(4)38-34(48-38)27-41(12,45)24-19-20-28(2)37-29(3)21-22-35(47-31(5)43)42(13,46)25-23-32(26-36(44)49-37)50-52(14,15)39(6,7)8/h19-22,24,29-30,32-35,37-38,45-46H,18,23,25-27H2,1-17H3/b22-21?,24-19+,28-20+/t29?,30-,32?,33+,34-,35?,37?,38-,41?,42?/m1/s1. The molecule has 1 fully saturated rings. The molecule has 2 heterocycles. The average molecular weight is 781 g/mol. The molecule has 11 heteroatoms. The number of rotatable bonds is 13. The van der Waals surface area contributed by atoms with Crippen LogP contribution in [0, 0.1) is 11.8 Å². The van der Waals surface area contributed by atoms with Crippen LogP contribution in [0.1, 0.15) is 122 Å². The average Bonchev–Trinajstić information content (AvgIpc) is 3.74. The molecule has 1 saturated heterocycles. The summed E-state index contributed by atoms with van der Waals surface area (Å²) in [5.41, 5.74) is -1.73. The van der Waals surface area contributed by atoms with E-state index in [-0.39, 0.29) is 59.0 Å². The van der Waals surface area contributed by atoms with Gasteiger partial charge < -0.3 is 33.3 Å². The number of esters is 2. The molecule has 0 aromatic heterocycles. The molecule has 0 radical (unpaired) electrons. The van der Waals surface area contributed by atoms with Gasteiger partial charge in [-0.15, -0.1) is 0 Å². The van der Waals surface area contributed by atoms with Crippen molar-refractivity contribution >= 4 is 28.6 Å². The second-order valence-electron chi connectivity index (χ2n) is 19.4. The highest BCUT2D eigenvalue weighted by Crippen LogP contribution is 2.43. The van der Waals surface area contributed by atoms with Crippen LogP contribution >= 0.6 is 0 Å². The molecule has 0 aromatic carbocycles. The summed E-state index contributed by atoms with van der Waals surface area (Å²) in [4.78, 5) is 25.6. The normalized spacial score (nSPS) is 30.8. The Kier molecular flexibility index (Phi) is 16.2. The van der Waals surface area contributed by atoms with Gasteiger partial charge in [0.2, 0.25) is 0 Å². The number of carbonyl (C=O) groups excluding carboxylic acids is 2. The summed E-state index contributed by atoms with van der Waals surface area (Å²) in [6, 6.07) is 0. The van der Waals surface area contributed by atoms with E-state index in [1.54, 1.807) is 26.0 Å². The van der Waals surface area contributed by atoms with Crippen molar-refractivity contribution in [2.45, 2.75) is 206 Å². The van der Waals surface area contributed by atoms with Crippen LogP contribution in [-0.4, -0.2) is 86.6 Å². The van der Waals surface area contributed by atoms with Crippen molar-refractivity contribution in [1.29, 1.82) is 0 Å². The Morgan fingerprint density at radius 3 is 2.17 bits per heavy atom. The van der Waals surface area contributed by atoms with Crippen molar-refractivity contribution in [3.05, 3.63) is 36.0 Å². The summed E-state index contributed by atoms with van der Waals surface area (Å²) in [6.07, 6.45) is 9.05. The molecule has 0 saturated carbocycles. The lowest BCUT2D eigenvalue weighted by Crippen LogP contribution is -2.46. The van der Waals surface area contributed by atoms with Gasteiger partial charge in [-0.25, -0.2) is 0 Å². The van der Waals surface area contributed by atoms with Gasteiger partial charge in [0.1, 0.15) is 17.8 Å². The largest absolute Gasteiger partial charge is 0.457 e. The zero-order valence-corrected chi connectivity index (χ0v) is 38.3. The lowest BCUT2D eigenvalue weighted by atomic mass is 9.88. The molecule has 0 aliphatic carbocycles. The van der Waals surface area contributed by atoms with Crippen LogP contribution in [0.25, 0.3) is 0 Å². The van der Waals surface area contributed by atoms with Crippen molar-refractivity contribution in [3.8, 4) is 0 Å². The van der Waals surface area contributed by atoms with E-state index in [0.717, 1.165) is 12.0 Å². The van der Waals surface area contributed by atoms with Gasteiger partial charge in [-0.1, -0.05) is 86.6 Å². The van der Waals surface area contributed by atoms with Gasteiger partial charge >= 0.3 is 11.9 Å². The fraction of sp³-hybridized carbons (Fsp3) is 0.810. The van der Waals surface area contributed by atoms with E-state index >= 15 is 0 Å². The summed E-state index contributed by atoms with van der Waals surface area (Å²) in [7, 11) is -4.22. The minimum Gasteiger partial charge on any atom is -0.457 e. The first-order valence-electron chi connectivity index (χ1n) is 19.8. The fourth-order valence-corrected chi connectivity index (χ4v) is 9.28. The van der Waals surface area contributed by atoms with Crippen LogP contribution in [0.2, 0.25) is 36.3 Å². The molecule has 2 N–H and O–H groups in total. The van der Waals surface area contributed by atoms with Crippen molar-refractivity contribution in [2.75, 3.05) is 0 Å². The van der Waals surface area contributed by atoms with Gasteiger partial charge in [0.15, 0.2) is 16.6 Å². The van der Waals surface area contributed by atoms with E-state index in [9.17, 15) is 19.8 Å². The van der Waals surface area contributed by atoms with Crippen molar-refractivity contribution < 1.29 is 42.9 Å². The monoisotopic (exact) mass is 781 g/mol. The molecule has 9 nitrogen and oxygen atoms in total. The highest BCUT2D eigenvalue weighted by molar-refractivity contribution is 6.74. The second kappa shape index (κ2) is 18.1. The predicted molar refractivity (Wildman–Crippen MR) is 219 cm³/mol. The third kappa shape index (κ3) is 14.1. The van der Waals surface area contributed by atoms with E-state index in [1.165, 1.54) is 6.92 Å². The molecular weight excluding hydrogens is 705 g/mol. The number of epoxide rings is 1. The Labute approximate surface area is 324 Å². The Morgan fingerprint density at radius 1 is 1.06 bits per heavy atom. The van der Waals surface area contributed by atoms with Crippen molar-refractivity contribution in [2.24, 2.45) is 11.8 Å². The van der Waals surface area contributed by atoms with Gasteiger partial charge in [-0.2, -0.15) is 0 Å². The summed E-state index contributed by atoms with van der Waals surface area (Å²) in [5.74, 6) is -0.984. The molecule has 10 atom stereocenters. The van der Waals surface area contributed by atoms with Crippen LogP contribution in [-0.2, 0) is 32.7 Å². The molecule has 53 heavy (non-hydrogen) atoms. The van der Waals surface area contributed by atoms with Crippen LogP contribution in [0.15, 0.2) is 36.0 Å². The molecule has 306 valence electrons. The molecular formula is C42H76O9Si2. The maximum Gasteiger partial charge on any atom is 0.308 e. The second-order valence-corrected chi connectivity index (χ2v) is 29.0. The lowest BCUT2D eigenvalue weighted by molar-refractivity contribution is -0.157. The number of hydrogen-bond acceptors (Lipinski definition) is 9. The Hall–Kier alpha value is -1.61. The first kappa shape index (κ1) is 47.5. The van der Waals surface area contributed by atoms with Crippen molar-refractivity contribution in [1.82, 2.24) is 0 Å². The summed E-state index contributed by atoms with van der Waals surface area (Å²) in [6.45, 7) is 35.0. The minimum atomic E-state index is -2.28. The van der Waals surface area contributed by atoms with E-state index in [4.69, 9.17) is 23.1 Å². The number of cyclic esters (lactones) is 1. The van der Waals surface area contributed by atoms with Crippen LogP contribution in [0.5, 0.6) is 0 Å². The topological polar surface area (TPSA) is 124 Å². The smallest absolute Gasteiger partial charge is 0.308 e. The van der Waals surface area contributed by atoms with Crippen molar-refractivity contribution in [3.63, 3.8) is 0 Å². The van der Waals surface area contributed by atoms with Crippen LogP contribution in [0.3, 0.4) is 0 Å². The maximum atomic E-state index is 13.6. The van der Waals surface area contributed by atoms with E-state index < -0.39 is 52.1 Å². The Balaban J connectivity index is 2.28. The van der Waals surface area contributed by atoms with Gasteiger partial charge in [-0.05, 0) is 87.9 Å². The summed E-state index contributed by atoms with van der Waals surface area (Å²) < 4.78 is 31.3. The summed E-state index contributed by atoms with van der Waals surface area (Å²) >= 11 is 0. The lowest BCUT2D eigenvalue weighted by Gasteiger charge is -2.40. The maximum absolute atomic E-state index is 13.6. The Morgan fingerprint density at radius 2 is 1.64 bits per heavy atom. The third-order valence-corrected chi connectivity index (χ3v) is 21.2. The zero-order valence-electron chi connectivity index (χ0n) is 36.3. The highest BCUT2D eigenvalue weighted by Gasteiger charge is 2.50. The van der Waals surface area contributed by atoms with E-state index in [1.807, 2.05) is 32.1 Å².